The Bertz CT molecular complexity index is 432. The summed E-state index contributed by atoms with van der Waals surface area (Å²) in [5.74, 6) is 0.0931. The van der Waals surface area contributed by atoms with Crippen molar-refractivity contribution in [3.05, 3.63) is 23.8 Å². The molecule has 4 heteroatoms. The molecule has 2 N–H and O–H groups in total. The molecule has 0 amide bonds. The quantitative estimate of drug-likeness (QED) is 0.399. The van der Waals surface area contributed by atoms with Gasteiger partial charge in [-0.3, -0.25) is 0 Å². The molecule has 0 aliphatic carbocycles. The second kappa shape index (κ2) is 10.1. The van der Waals surface area contributed by atoms with Crippen molar-refractivity contribution in [2.45, 2.75) is 52.4 Å². The molecule has 0 atom stereocenters. The van der Waals surface area contributed by atoms with Gasteiger partial charge < -0.3 is 15.2 Å². The minimum absolute atomic E-state index is 0.338. The molecule has 0 aromatic heterocycles. The van der Waals surface area contributed by atoms with E-state index >= 15 is 0 Å². The third kappa shape index (κ3) is 6.06. The van der Waals surface area contributed by atoms with E-state index in [4.69, 9.17) is 15.2 Å². The van der Waals surface area contributed by atoms with Crippen molar-refractivity contribution in [2.75, 3.05) is 18.9 Å². The van der Waals surface area contributed by atoms with Gasteiger partial charge in [-0.15, -0.1) is 0 Å². The molecular formula is C17H27NO3. The van der Waals surface area contributed by atoms with Gasteiger partial charge in [0.1, 0.15) is 11.3 Å². The Labute approximate surface area is 127 Å². The van der Waals surface area contributed by atoms with E-state index in [0.717, 1.165) is 12.8 Å². The molecule has 0 radical (unpaired) electrons. The number of nitrogens with two attached hydrogens (primary N) is 1. The summed E-state index contributed by atoms with van der Waals surface area (Å²) in [7, 11) is 0. The molecule has 0 aliphatic rings. The van der Waals surface area contributed by atoms with Crippen molar-refractivity contribution in [1.82, 2.24) is 0 Å². The molecule has 0 fully saturated rings. The maximum atomic E-state index is 12.1. The molecule has 0 spiro atoms. The highest BCUT2D eigenvalue weighted by atomic mass is 16.5. The highest BCUT2D eigenvalue weighted by Crippen LogP contribution is 2.25. The summed E-state index contributed by atoms with van der Waals surface area (Å²) in [5, 5.41) is 0. The Balaban J connectivity index is 2.41. The zero-order valence-corrected chi connectivity index (χ0v) is 13.2. The second-order valence-corrected chi connectivity index (χ2v) is 5.06. The molecule has 1 aromatic carbocycles. The predicted octanol–water partition coefficient (Wildman–Crippen LogP) is 4.18. The number of nitrogen functional groups attached to an aromatic ring is 1. The molecular weight excluding hydrogens is 266 g/mol. The van der Waals surface area contributed by atoms with E-state index in [9.17, 15) is 4.79 Å². The molecule has 0 bridgehead atoms. The highest BCUT2D eigenvalue weighted by molar-refractivity contribution is 5.98. The first-order chi connectivity index (χ1) is 10.2. The average Bonchev–Trinajstić information content (AvgIpc) is 2.46. The number of hydrogen-bond acceptors (Lipinski definition) is 4. The van der Waals surface area contributed by atoms with Crippen LogP contribution in [-0.4, -0.2) is 19.2 Å². The monoisotopic (exact) mass is 293 g/mol. The van der Waals surface area contributed by atoms with Gasteiger partial charge in [0.05, 0.1) is 13.2 Å². The Hall–Kier alpha value is -1.71. The van der Waals surface area contributed by atoms with Gasteiger partial charge in [0, 0.05) is 5.69 Å². The minimum Gasteiger partial charge on any atom is -0.493 e. The van der Waals surface area contributed by atoms with Crippen LogP contribution in [-0.2, 0) is 4.74 Å². The minimum atomic E-state index is -0.398. The van der Waals surface area contributed by atoms with Gasteiger partial charge in [-0.2, -0.15) is 0 Å². The van der Waals surface area contributed by atoms with Crippen molar-refractivity contribution in [1.29, 1.82) is 0 Å². The smallest absolute Gasteiger partial charge is 0.344 e. The Morgan fingerprint density at radius 2 is 1.81 bits per heavy atom. The Morgan fingerprint density at radius 3 is 2.52 bits per heavy atom. The summed E-state index contributed by atoms with van der Waals surface area (Å²) in [4.78, 5) is 12.1. The lowest BCUT2D eigenvalue weighted by atomic mass is 10.1. The predicted molar refractivity (Wildman–Crippen MR) is 85.7 cm³/mol. The molecule has 0 saturated heterocycles. The van der Waals surface area contributed by atoms with Gasteiger partial charge in [-0.1, -0.05) is 45.1 Å². The third-order valence-corrected chi connectivity index (χ3v) is 3.29. The van der Waals surface area contributed by atoms with Gasteiger partial charge >= 0.3 is 5.97 Å². The lowest BCUT2D eigenvalue weighted by Gasteiger charge is -2.12. The van der Waals surface area contributed by atoms with Crippen molar-refractivity contribution in [3.8, 4) is 5.75 Å². The van der Waals surface area contributed by atoms with E-state index in [0.29, 0.717) is 30.2 Å². The first-order valence-corrected chi connectivity index (χ1v) is 7.89. The summed E-state index contributed by atoms with van der Waals surface area (Å²) in [6.07, 6.45) is 6.95. The van der Waals surface area contributed by atoms with Crippen LogP contribution in [0, 0.1) is 0 Å². The van der Waals surface area contributed by atoms with Crippen LogP contribution in [0.5, 0.6) is 5.75 Å². The Morgan fingerprint density at radius 1 is 1.10 bits per heavy atom. The number of rotatable bonds is 10. The number of unbranched alkanes of at least 4 members (excludes halogenated alkanes) is 5. The number of carbonyl (C=O) groups excluding carboxylic acids is 1. The van der Waals surface area contributed by atoms with Gasteiger partial charge in [0.2, 0.25) is 0 Å². The van der Waals surface area contributed by atoms with E-state index in [1.807, 2.05) is 6.92 Å². The molecule has 1 aromatic rings. The van der Waals surface area contributed by atoms with Crippen LogP contribution in [0.2, 0.25) is 0 Å². The summed E-state index contributed by atoms with van der Waals surface area (Å²) in [6, 6.07) is 5.19. The van der Waals surface area contributed by atoms with Gasteiger partial charge in [0.15, 0.2) is 0 Å². The van der Waals surface area contributed by atoms with Crippen molar-refractivity contribution >= 4 is 11.7 Å². The van der Waals surface area contributed by atoms with Gasteiger partial charge in [0.25, 0.3) is 0 Å². The van der Waals surface area contributed by atoms with Crippen LogP contribution < -0.4 is 10.5 Å². The molecule has 0 heterocycles. The summed E-state index contributed by atoms with van der Waals surface area (Å²) >= 11 is 0. The molecule has 21 heavy (non-hydrogen) atoms. The Kier molecular flexibility index (Phi) is 8.32. The van der Waals surface area contributed by atoms with Crippen LogP contribution in [0.1, 0.15) is 62.7 Å². The molecule has 0 aliphatic heterocycles. The maximum absolute atomic E-state index is 12.1. The summed E-state index contributed by atoms with van der Waals surface area (Å²) in [6.45, 7) is 4.99. The van der Waals surface area contributed by atoms with E-state index in [2.05, 4.69) is 6.92 Å². The first-order valence-electron chi connectivity index (χ1n) is 7.89. The van der Waals surface area contributed by atoms with E-state index < -0.39 is 5.97 Å². The molecule has 4 nitrogen and oxygen atoms in total. The second-order valence-electron chi connectivity index (χ2n) is 5.06. The van der Waals surface area contributed by atoms with E-state index in [1.165, 1.54) is 25.7 Å². The highest BCUT2D eigenvalue weighted by Gasteiger charge is 2.17. The van der Waals surface area contributed by atoms with Crippen LogP contribution in [0.3, 0.4) is 0 Å². The maximum Gasteiger partial charge on any atom is 0.344 e. The van der Waals surface area contributed by atoms with Crippen LogP contribution in [0.25, 0.3) is 0 Å². The summed E-state index contributed by atoms with van der Waals surface area (Å²) < 4.78 is 10.7. The fourth-order valence-electron chi connectivity index (χ4n) is 2.16. The largest absolute Gasteiger partial charge is 0.493 e. The molecule has 0 saturated carbocycles. The van der Waals surface area contributed by atoms with E-state index in [1.54, 1.807) is 18.2 Å². The molecule has 0 unspecified atom stereocenters. The number of hydrogen-bond donors (Lipinski definition) is 1. The lowest BCUT2D eigenvalue weighted by molar-refractivity contribution is 0.0494. The SMILES string of the molecule is CCCCCCCCOC(=O)c1c(N)cccc1OCC. The number of esters is 1. The normalized spacial score (nSPS) is 10.4. The zero-order valence-electron chi connectivity index (χ0n) is 13.2. The topological polar surface area (TPSA) is 61.5 Å². The number of anilines is 1. The molecule has 118 valence electrons. The summed E-state index contributed by atoms with van der Waals surface area (Å²) in [5.41, 5.74) is 6.59. The number of benzene rings is 1. The fraction of sp³-hybridized carbons (Fsp3) is 0.588. The average molecular weight is 293 g/mol. The lowest BCUT2D eigenvalue weighted by Crippen LogP contribution is -2.11. The van der Waals surface area contributed by atoms with Crippen LogP contribution in [0.15, 0.2) is 18.2 Å². The number of ether oxygens (including phenoxy) is 2. The fourth-order valence-corrected chi connectivity index (χ4v) is 2.16. The van der Waals surface area contributed by atoms with Crippen molar-refractivity contribution < 1.29 is 14.3 Å². The van der Waals surface area contributed by atoms with Crippen LogP contribution >= 0.6 is 0 Å². The van der Waals surface area contributed by atoms with Gasteiger partial charge in [-0.05, 0) is 25.5 Å². The standard InChI is InChI=1S/C17H27NO3/c1-3-5-6-7-8-9-13-21-17(19)16-14(18)11-10-12-15(16)20-4-2/h10-12H,3-9,13,18H2,1-2H3. The zero-order chi connectivity index (χ0) is 15.5. The van der Waals surface area contributed by atoms with Gasteiger partial charge in [-0.25, -0.2) is 4.79 Å². The number of carbonyl (C=O) groups is 1. The third-order valence-electron chi connectivity index (χ3n) is 3.29. The molecule has 1 rings (SSSR count). The van der Waals surface area contributed by atoms with E-state index in [-0.39, 0.29) is 0 Å². The van der Waals surface area contributed by atoms with Crippen molar-refractivity contribution in [2.24, 2.45) is 0 Å². The first kappa shape index (κ1) is 17.3. The van der Waals surface area contributed by atoms with Crippen LogP contribution in [0.4, 0.5) is 5.69 Å². The van der Waals surface area contributed by atoms with Crippen molar-refractivity contribution in [3.63, 3.8) is 0 Å².